The molecule has 0 spiro atoms. The van der Waals surface area contributed by atoms with Crippen LogP contribution in [0.1, 0.15) is 39.0 Å². The Hall–Kier alpha value is -0.0800. The fourth-order valence-corrected chi connectivity index (χ4v) is 2.76. The van der Waals surface area contributed by atoms with Gasteiger partial charge < -0.3 is 10.6 Å². The van der Waals surface area contributed by atoms with E-state index in [2.05, 4.69) is 17.6 Å². The van der Waals surface area contributed by atoms with Crippen LogP contribution in [0.15, 0.2) is 0 Å². The molecule has 2 aliphatic rings. The first-order valence-electron chi connectivity index (χ1n) is 6.30. The average molecular weight is 196 g/mol. The highest BCUT2D eigenvalue weighted by molar-refractivity contribution is 4.81. The molecule has 2 heteroatoms. The van der Waals surface area contributed by atoms with Crippen molar-refractivity contribution in [2.75, 3.05) is 19.6 Å². The van der Waals surface area contributed by atoms with Gasteiger partial charge in [0.15, 0.2) is 0 Å². The van der Waals surface area contributed by atoms with Gasteiger partial charge >= 0.3 is 0 Å². The molecule has 2 fully saturated rings. The van der Waals surface area contributed by atoms with Crippen molar-refractivity contribution < 1.29 is 0 Å². The Balaban J connectivity index is 1.65. The summed E-state index contributed by atoms with van der Waals surface area (Å²) >= 11 is 0. The van der Waals surface area contributed by atoms with Crippen LogP contribution in [0.25, 0.3) is 0 Å². The first-order chi connectivity index (χ1) is 6.86. The number of rotatable bonds is 3. The summed E-state index contributed by atoms with van der Waals surface area (Å²) in [6.07, 6.45) is 7.16. The lowest BCUT2D eigenvalue weighted by molar-refractivity contribution is 0.331. The lowest BCUT2D eigenvalue weighted by atomic mass is 9.93. The summed E-state index contributed by atoms with van der Waals surface area (Å²) < 4.78 is 0. The summed E-state index contributed by atoms with van der Waals surface area (Å²) in [4.78, 5) is 0. The molecule has 0 bridgehead atoms. The highest BCUT2D eigenvalue weighted by Crippen LogP contribution is 2.19. The summed E-state index contributed by atoms with van der Waals surface area (Å²) in [6.45, 7) is 6.05. The molecule has 0 aromatic carbocycles. The summed E-state index contributed by atoms with van der Waals surface area (Å²) in [5, 5.41) is 7.22. The second-order valence-corrected chi connectivity index (χ2v) is 5.14. The molecular formula is C12H24N2. The molecule has 14 heavy (non-hydrogen) atoms. The van der Waals surface area contributed by atoms with Gasteiger partial charge in [0.25, 0.3) is 0 Å². The predicted molar refractivity (Wildman–Crippen MR) is 60.4 cm³/mol. The Bertz CT molecular complexity index is 164. The third-order valence-corrected chi connectivity index (χ3v) is 3.95. The second-order valence-electron chi connectivity index (χ2n) is 5.14. The van der Waals surface area contributed by atoms with Crippen LogP contribution < -0.4 is 10.6 Å². The van der Waals surface area contributed by atoms with Gasteiger partial charge in [0.05, 0.1) is 0 Å². The average Bonchev–Trinajstić information content (AvgIpc) is 2.63. The SMILES string of the molecule is C[C@@H]1CNC[C@H]1CNC1CCCCC1. The van der Waals surface area contributed by atoms with Crippen molar-refractivity contribution >= 4 is 0 Å². The summed E-state index contributed by atoms with van der Waals surface area (Å²) in [5.41, 5.74) is 0. The Morgan fingerprint density at radius 3 is 2.57 bits per heavy atom. The fraction of sp³-hybridized carbons (Fsp3) is 1.00. The van der Waals surface area contributed by atoms with E-state index in [1.807, 2.05) is 0 Å². The molecule has 0 aromatic heterocycles. The molecule has 1 saturated carbocycles. The van der Waals surface area contributed by atoms with Gasteiger partial charge in [0.1, 0.15) is 0 Å². The normalized spacial score (nSPS) is 34.9. The van der Waals surface area contributed by atoms with Crippen molar-refractivity contribution in [3.63, 3.8) is 0 Å². The minimum absolute atomic E-state index is 0.830. The maximum Gasteiger partial charge on any atom is 0.00671 e. The van der Waals surface area contributed by atoms with Gasteiger partial charge in [-0.3, -0.25) is 0 Å². The topological polar surface area (TPSA) is 24.1 Å². The van der Waals surface area contributed by atoms with Crippen molar-refractivity contribution in [3.8, 4) is 0 Å². The van der Waals surface area contributed by atoms with Gasteiger partial charge in [-0.2, -0.15) is 0 Å². The van der Waals surface area contributed by atoms with Crippen LogP contribution in [-0.2, 0) is 0 Å². The van der Waals surface area contributed by atoms with Gasteiger partial charge in [-0.1, -0.05) is 26.2 Å². The first kappa shape index (κ1) is 10.4. The predicted octanol–water partition coefficient (Wildman–Crippen LogP) is 1.76. The van der Waals surface area contributed by atoms with E-state index in [1.54, 1.807) is 0 Å². The molecular weight excluding hydrogens is 172 g/mol. The van der Waals surface area contributed by atoms with E-state index in [4.69, 9.17) is 0 Å². The van der Waals surface area contributed by atoms with E-state index in [0.717, 1.165) is 17.9 Å². The summed E-state index contributed by atoms with van der Waals surface area (Å²) in [6, 6.07) is 0.830. The minimum atomic E-state index is 0.830. The monoisotopic (exact) mass is 196 g/mol. The molecule has 2 N–H and O–H groups in total. The van der Waals surface area contributed by atoms with Crippen molar-refractivity contribution in [1.29, 1.82) is 0 Å². The van der Waals surface area contributed by atoms with Gasteiger partial charge in [-0.05, 0) is 44.3 Å². The number of hydrogen-bond donors (Lipinski definition) is 2. The second kappa shape index (κ2) is 5.13. The Morgan fingerprint density at radius 1 is 1.14 bits per heavy atom. The highest BCUT2D eigenvalue weighted by Gasteiger charge is 2.23. The number of hydrogen-bond acceptors (Lipinski definition) is 2. The van der Waals surface area contributed by atoms with Gasteiger partial charge in [-0.25, -0.2) is 0 Å². The van der Waals surface area contributed by atoms with Gasteiger partial charge in [-0.15, -0.1) is 0 Å². The van der Waals surface area contributed by atoms with Crippen LogP contribution in [0, 0.1) is 11.8 Å². The van der Waals surface area contributed by atoms with E-state index in [1.165, 1.54) is 51.7 Å². The third-order valence-electron chi connectivity index (χ3n) is 3.95. The van der Waals surface area contributed by atoms with Crippen molar-refractivity contribution in [2.24, 2.45) is 11.8 Å². The molecule has 0 aromatic rings. The van der Waals surface area contributed by atoms with Crippen LogP contribution in [0.5, 0.6) is 0 Å². The van der Waals surface area contributed by atoms with Crippen LogP contribution in [0.4, 0.5) is 0 Å². The summed E-state index contributed by atoms with van der Waals surface area (Å²) in [5.74, 6) is 1.74. The molecule has 1 aliphatic carbocycles. The van der Waals surface area contributed by atoms with E-state index < -0.39 is 0 Å². The summed E-state index contributed by atoms with van der Waals surface area (Å²) in [7, 11) is 0. The molecule has 0 radical (unpaired) electrons. The first-order valence-corrected chi connectivity index (χ1v) is 6.30. The van der Waals surface area contributed by atoms with Gasteiger partial charge in [0, 0.05) is 6.04 Å². The largest absolute Gasteiger partial charge is 0.316 e. The zero-order valence-electron chi connectivity index (χ0n) is 9.39. The molecule has 0 unspecified atom stereocenters. The van der Waals surface area contributed by atoms with Crippen LogP contribution in [-0.4, -0.2) is 25.7 Å². The van der Waals surface area contributed by atoms with E-state index >= 15 is 0 Å². The smallest absolute Gasteiger partial charge is 0.00671 e. The van der Waals surface area contributed by atoms with Crippen LogP contribution in [0.3, 0.4) is 0 Å². The van der Waals surface area contributed by atoms with Crippen molar-refractivity contribution in [2.45, 2.75) is 45.1 Å². The third kappa shape index (κ3) is 2.71. The lowest BCUT2D eigenvalue weighted by Crippen LogP contribution is -2.36. The standard InChI is InChI=1S/C12H24N2/c1-10-7-13-8-11(10)9-14-12-5-3-2-4-6-12/h10-14H,2-9H2,1H3/t10-,11+/m1/s1. The molecule has 1 saturated heterocycles. The van der Waals surface area contributed by atoms with Crippen LogP contribution >= 0.6 is 0 Å². The number of nitrogens with one attached hydrogen (secondary N) is 2. The van der Waals surface area contributed by atoms with Crippen molar-refractivity contribution in [1.82, 2.24) is 10.6 Å². The molecule has 0 amide bonds. The maximum absolute atomic E-state index is 3.75. The van der Waals surface area contributed by atoms with Gasteiger partial charge in [0.2, 0.25) is 0 Å². The molecule has 2 rings (SSSR count). The molecule has 1 aliphatic heterocycles. The zero-order chi connectivity index (χ0) is 9.80. The molecule has 82 valence electrons. The quantitative estimate of drug-likeness (QED) is 0.719. The molecule has 1 heterocycles. The van der Waals surface area contributed by atoms with Crippen molar-refractivity contribution in [3.05, 3.63) is 0 Å². The highest BCUT2D eigenvalue weighted by atomic mass is 15.0. The molecule has 2 atom stereocenters. The van der Waals surface area contributed by atoms with E-state index in [-0.39, 0.29) is 0 Å². The Morgan fingerprint density at radius 2 is 1.93 bits per heavy atom. The zero-order valence-corrected chi connectivity index (χ0v) is 9.39. The van der Waals surface area contributed by atoms with Crippen LogP contribution in [0.2, 0.25) is 0 Å². The minimum Gasteiger partial charge on any atom is -0.316 e. The fourth-order valence-electron chi connectivity index (χ4n) is 2.76. The maximum atomic E-state index is 3.75. The Kier molecular flexibility index (Phi) is 3.82. The van der Waals surface area contributed by atoms with E-state index in [0.29, 0.717) is 0 Å². The van der Waals surface area contributed by atoms with E-state index in [9.17, 15) is 0 Å². The molecule has 2 nitrogen and oxygen atoms in total. The lowest BCUT2D eigenvalue weighted by Gasteiger charge is -2.25. The Labute approximate surface area is 87.8 Å².